The van der Waals surface area contributed by atoms with Gasteiger partial charge in [-0.3, -0.25) is 4.79 Å². The Hall–Kier alpha value is -0.690. The van der Waals surface area contributed by atoms with E-state index >= 15 is 0 Å². The predicted octanol–water partition coefficient (Wildman–Crippen LogP) is -1.10. The Labute approximate surface area is 89.3 Å². The predicted molar refractivity (Wildman–Crippen MR) is 53.3 cm³/mol. The maximum Gasteiger partial charge on any atom is 0.325 e. The van der Waals surface area contributed by atoms with Crippen LogP contribution in [-0.2, 0) is 19.0 Å². The number of ether oxygens (including phenoxy) is 3. The lowest BCUT2D eigenvalue weighted by atomic mass is 10.2. The van der Waals surface area contributed by atoms with Crippen molar-refractivity contribution in [2.45, 2.75) is 19.1 Å². The van der Waals surface area contributed by atoms with Crippen molar-refractivity contribution in [1.29, 1.82) is 0 Å². The minimum absolute atomic E-state index is 0.128. The van der Waals surface area contributed by atoms with Gasteiger partial charge in [0.1, 0.15) is 12.6 Å². The molecule has 0 heterocycles. The van der Waals surface area contributed by atoms with E-state index in [1.54, 1.807) is 7.11 Å². The highest BCUT2D eigenvalue weighted by molar-refractivity contribution is 5.76. The molecule has 15 heavy (non-hydrogen) atoms. The summed E-state index contributed by atoms with van der Waals surface area (Å²) in [5, 5.41) is 8.99. The fourth-order valence-corrected chi connectivity index (χ4v) is 0.739. The molecule has 0 radical (unpaired) electrons. The molecule has 0 amide bonds. The summed E-state index contributed by atoms with van der Waals surface area (Å²) in [6, 6.07) is -0.996. The summed E-state index contributed by atoms with van der Waals surface area (Å²) in [4.78, 5) is 11.1. The molecule has 0 fully saturated rings. The van der Waals surface area contributed by atoms with E-state index in [-0.39, 0.29) is 6.61 Å². The summed E-state index contributed by atoms with van der Waals surface area (Å²) in [5.41, 5.74) is 5.34. The molecule has 6 nitrogen and oxygen atoms in total. The summed E-state index contributed by atoms with van der Waals surface area (Å²) in [6.45, 7) is 2.81. The van der Waals surface area contributed by atoms with Crippen LogP contribution < -0.4 is 5.73 Å². The fraction of sp³-hybridized carbons (Fsp3) is 0.889. The standard InChI is InChI=1S/C9H19NO5/c1-7(11)8(10)9(12)15-6-5-14-4-3-13-2/h7-8,11H,3-6,10H2,1-2H3. The van der Waals surface area contributed by atoms with Gasteiger partial charge in [-0.1, -0.05) is 0 Å². The number of methoxy groups -OCH3 is 1. The van der Waals surface area contributed by atoms with E-state index in [0.717, 1.165) is 0 Å². The molecule has 90 valence electrons. The second kappa shape index (κ2) is 8.60. The van der Waals surface area contributed by atoms with Crippen LogP contribution in [0.3, 0.4) is 0 Å². The molecule has 0 bridgehead atoms. The zero-order valence-electron chi connectivity index (χ0n) is 9.14. The van der Waals surface area contributed by atoms with Gasteiger partial charge in [0, 0.05) is 7.11 Å². The number of aliphatic hydroxyl groups is 1. The fourth-order valence-electron chi connectivity index (χ4n) is 0.739. The van der Waals surface area contributed by atoms with Gasteiger partial charge in [-0.15, -0.1) is 0 Å². The first-order valence-electron chi connectivity index (χ1n) is 4.76. The molecule has 0 aliphatic rings. The lowest BCUT2D eigenvalue weighted by Gasteiger charge is -2.13. The lowest BCUT2D eigenvalue weighted by molar-refractivity contribution is -0.149. The molecule has 0 saturated heterocycles. The van der Waals surface area contributed by atoms with Crippen molar-refractivity contribution in [3.05, 3.63) is 0 Å². The Morgan fingerprint density at radius 1 is 1.33 bits per heavy atom. The highest BCUT2D eigenvalue weighted by Crippen LogP contribution is 1.92. The van der Waals surface area contributed by atoms with Gasteiger partial charge < -0.3 is 25.1 Å². The summed E-state index contributed by atoms with van der Waals surface area (Å²) in [6.07, 6.45) is -0.910. The number of carbonyl (C=O) groups is 1. The number of hydrogen-bond donors (Lipinski definition) is 2. The van der Waals surface area contributed by atoms with Crippen molar-refractivity contribution in [3.8, 4) is 0 Å². The minimum atomic E-state index is -0.996. The van der Waals surface area contributed by atoms with E-state index in [9.17, 15) is 4.79 Å². The molecule has 2 atom stereocenters. The zero-order chi connectivity index (χ0) is 11.7. The maximum absolute atomic E-state index is 11.1. The Kier molecular flexibility index (Phi) is 8.21. The largest absolute Gasteiger partial charge is 0.462 e. The molecule has 0 aromatic rings. The number of esters is 1. The second-order valence-corrected chi connectivity index (χ2v) is 3.04. The summed E-state index contributed by atoms with van der Waals surface area (Å²) >= 11 is 0. The number of carbonyl (C=O) groups excluding carboxylic acids is 1. The van der Waals surface area contributed by atoms with Crippen molar-refractivity contribution in [3.63, 3.8) is 0 Å². The highest BCUT2D eigenvalue weighted by Gasteiger charge is 2.19. The minimum Gasteiger partial charge on any atom is -0.462 e. The molecular formula is C9H19NO5. The molecule has 6 heteroatoms. The van der Waals surface area contributed by atoms with Gasteiger partial charge in [0.2, 0.25) is 0 Å². The Morgan fingerprint density at radius 2 is 1.93 bits per heavy atom. The van der Waals surface area contributed by atoms with Gasteiger partial charge in [0.15, 0.2) is 0 Å². The van der Waals surface area contributed by atoms with Crippen LogP contribution >= 0.6 is 0 Å². The third kappa shape index (κ3) is 7.26. The Balaban J connectivity index is 3.39. The van der Waals surface area contributed by atoms with Crippen molar-refractivity contribution in [2.75, 3.05) is 33.5 Å². The van der Waals surface area contributed by atoms with Gasteiger partial charge in [-0.25, -0.2) is 0 Å². The van der Waals surface area contributed by atoms with Gasteiger partial charge >= 0.3 is 5.97 Å². The molecular weight excluding hydrogens is 202 g/mol. The van der Waals surface area contributed by atoms with Crippen molar-refractivity contribution in [1.82, 2.24) is 0 Å². The monoisotopic (exact) mass is 221 g/mol. The summed E-state index contributed by atoms with van der Waals surface area (Å²) in [5.74, 6) is -0.625. The molecule has 0 saturated carbocycles. The van der Waals surface area contributed by atoms with Crippen LogP contribution in [0.15, 0.2) is 0 Å². The first-order chi connectivity index (χ1) is 7.09. The summed E-state index contributed by atoms with van der Waals surface area (Å²) in [7, 11) is 1.57. The molecule has 0 aliphatic heterocycles. The maximum atomic E-state index is 11.1. The first-order valence-corrected chi connectivity index (χ1v) is 4.76. The molecule has 0 spiro atoms. The van der Waals surface area contributed by atoms with Crippen LogP contribution in [0, 0.1) is 0 Å². The van der Waals surface area contributed by atoms with Crippen molar-refractivity contribution in [2.24, 2.45) is 5.73 Å². The van der Waals surface area contributed by atoms with Crippen LogP contribution in [0.1, 0.15) is 6.92 Å². The smallest absolute Gasteiger partial charge is 0.325 e. The third-order valence-corrected chi connectivity index (χ3v) is 1.70. The van der Waals surface area contributed by atoms with Gasteiger partial charge in [0.05, 0.1) is 25.9 Å². The zero-order valence-corrected chi connectivity index (χ0v) is 9.14. The van der Waals surface area contributed by atoms with Crippen molar-refractivity contribution >= 4 is 5.97 Å². The molecule has 0 aromatic carbocycles. The van der Waals surface area contributed by atoms with Gasteiger partial charge in [-0.2, -0.15) is 0 Å². The van der Waals surface area contributed by atoms with E-state index in [4.69, 9.17) is 25.1 Å². The molecule has 0 aromatic heterocycles. The number of nitrogens with two attached hydrogens (primary N) is 1. The van der Waals surface area contributed by atoms with Crippen LogP contribution in [0.4, 0.5) is 0 Å². The topological polar surface area (TPSA) is 91.0 Å². The number of aliphatic hydroxyl groups excluding tert-OH is 1. The normalized spacial score (nSPS) is 14.7. The van der Waals surface area contributed by atoms with Gasteiger partial charge in [-0.05, 0) is 6.92 Å². The second-order valence-electron chi connectivity index (χ2n) is 3.04. The lowest BCUT2D eigenvalue weighted by Crippen LogP contribution is -2.41. The number of hydrogen-bond acceptors (Lipinski definition) is 6. The first kappa shape index (κ1) is 14.3. The van der Waals surface area contributed by atoms with Crippen LogP contribution in [0.2, 0.25) is 0 Å². The SMILES string of the molecule is COCCOCCOC(=O)C(N)C(C)O. The van der Waals surface area contributed by atoms with E-state index in [1.807, 2.05) is 0 Å². The quantitative estimate of drug-likeness (QED) is 0.399. The molecule has 3 N–H and O–H groups in total. The molecule has 0 rings (SSSR count). The van der Waals surface area contributed by atoms with E-state index in [2.05, 4.69) is 0 Å². The van der Waals surface area contributed by atoms with E-state index < -0.39 is 18.1 Å². The third-order valence-electron chi connectivity index (χ3n) is 1.70. The molecule has 0 aliphatic carbocycles. The average molecular weight is 221 g/mol. The Bertz CT molecular complexity index is 174. The Morgan fingerprint density at radius 3 is 2.47 bits per heavy atom. The number of rotatable bonds is 8. The van der Waals surface area contributed by atoms with Crippen LogP contribution in [-0.4, -0.2) is 56.8 Å². The summed E-state index contributed by atoms with van der Waals surface area (Å²) < 4.78 is 14.6. The van der Waals surface area contributed by atoms with Crippen LogP contribution in [0.5, 0.6) is 0 Å². The molecule has 2 unspecified atom stereocenters. The average Bonchev–Trinajstić information content (AvgIpc) is 2.21. The highest BCUT2D eigenvalue weighted by atomic mass is 16.6. The van der Waals surface area contributed by atoms with E-state index in [0.29, 0.717) is 19.8 Å². The van der Waals surface area contributed by atoms with Crippen molar-refractivity contribution < 1.29 is 24.1 Å². The van der Waals surface area contributed by atoms with Crippen LogP contribution in [0.25, 0.3) is 0 Å². The van der Waals surface area contributed by atoms with E-state index in [1.165, 1.54) is 6.92 Å². The van der Waals surface area contributed by atoms with Gasteiger partial charge in [0.25, 0.3) is 0 Å².